The number of nitrogens with one attached hydrogen (secondary N) is 1. The summed E-state index contributed by atoms with van der Waals surface area (Å²) >= 11 is 1.46. The number of ether oxygens (including phenoxy) is 1. The van der Waals surface area contributed by atoms with Crippen molar-refractivity contribution in [3.05, 3.63) is 81.8 Å². The number of carbonyl (C=O) groups excluding carboxylic acids is 2. The van der Waals surface area contributed by atoms with E-state index in [1.165, 1.54) is 46.1 Å². The van der Waals surface area contributed by atoms with Crippen LogP contribution in [-0.4, -0.2) is 107 Å². The largest absolute Gasteiger partial charge is 0.411 e. The number of thiazole rings is 1. The second-order valence-corrected chi connectivity index (χ2v) is 17.1. The Morgan fingerprint density at radius 2 is 1.80 bits per heavy atom. The molecule has 15 heteroatoms. The average molecular weight is 743 g/mol. The van der Waals surface area contributed by atoms with Crippen LogP contribution in [0.4, 0.5) is 4.79 Å². The Labute approximate surface area is 305 Å². The van der Waals surface area contributed by atoms with Gasteiger partial charge in [0.05, 0.1) is 42.1 Å². The third-order valence-electron chi connectivity index (χ3n) is 8.50. The number of oxime groups is 1. The van der Waals surface area contributed by atoms with Gasteiger partial charge in [-0.3, -0.25) is 4.79 Å². The van der Waals surface area contributed by atoms with Gasteiger partial charge in [0.15, 0.2) is 0 Å². The summed E-state index contributed by atoms with van der Waals surface area (Å²) in [6.07, 6.45) is 0.116. The van der Waals surface area contributed by atoms with Gasteiger partial charge in [-0.15, -0.1) is 11.3 Å². The quantitative estimate of drug-likeness (QED) is 0.105. The molecule has 1 aliphatic rings. The smallest absolute Gasteiger partial charge is 0.321 e. The van der Waals surface area contributed by atoms with Gasteiger partial charge in [-0.1, -0.05) is 82.2 Å². The summed E-state index contributed by atoms with van der Waals surface area (Å²) < 4.78 is 34.2. The molecule has 1 saturated heterocycles. The number of carbonyl (C=O) groups is 2. The van der Waals surface area contributed by atoms with Gasteiger partial charge < -0.3 is 30.2 Å². The van der Waals surface area contributed by atoms with E-state index in [1.807, 2.05) is 70.3 Å². The first-order valence-electron chi connectivity index (χ1n) is 16.9. The van der Waals surface area contributed by atoms with Crippen LogP contribution in [0.3, 0.4) is 0 Å². The van der Waals surface area contributed by atoms with Crippen LogP contribution in [0.25, 0.3) is 0 Å². The fourth-order valence-electron chi connectivity index (χ4n) is 6.17. The highest BCUT2D eigenvalue weighted by molar-refractivity contribution is 7.89. The van der Waals surface area contributed by atoms with Crippen LogP contribution in [0.15, 0.2) is 70.0 Å². The summed E-state index contributed by atoms with van der Waals surface area (Å²) in [5, 5.41) is 29.4. The molecule has 0 spiro atoms. The molecular formula is C36H50N6O7S2. The Morgan fingerprint density at radius 3 is 2.41 bits per heavy atom. The molecule has 3 N–H and O–H groups in total. The van der Waals surface area contributed by atoms with Crippen LogP contribution in [0, 0.1) is 11.3 Å². The number of hydrogen-bond acceptors (Lipinski definition) is 10. The maximum Gasteiger partial charge on any atom is 0.321 e. The van der Waals surface area contributed by atoms with Crippen molar-refractivity contribution in [2.45, 2.75) is 77.3 Å². The van der Waals surface area contributed by atoms with Gasteiger partial charge in [-0.25, -0.2) is 18.2 Å². The molecule has 0 aliphatic carbocycles. The minimum absolute atomic E-state index is 0.0200. The van der Waals surface area contributed by atoms with E-state index in [9.17, 15) is 23.1 Å². The molecule has 3 aromatic rings. The molecule has 1 aromatic heterocycles. The number of amides is 3. The second kappa shape index (κ2) is 17.6. The summed E-state index contributed by atoms with van der Waals surface area (Å²) in [7, 11) is -2.47. The number of aliphatic hydroxyl groups is 1. The Balaban J connectivity index is 1.58. The average Bonchev–Trinajstić information content (AvgIpc) is 3.66. The van der Waals surface area contributed by atoms with Crippen LogP contribution in [0.2, 0.25) is 0 Å². The highest BCUT2D eigenvalue weighted by Crippen LogP contribution is 2.29. The summed E-state index contributed by atoms with van der Waals surface area (Å²) in [5.74, 6) is -0.506. The number of rotatable bonds is 17. The van der Waals surface area contributed by atoms with E-state index in [0.717, 1.165) is 16.3 Å². The van der Waals surface area contributed by atoms with Gasteiger partial charge >= 0.3 is 6.03 Å². The molecule has 278 valence electrons. The lowest BCUT2D eigenvalue weighted by Crippen LogP contribution is -2.59. The molecule has 2 heterocycles. The molecular weight excluding hydrogens is 693 g/mol. The summed E-state index contributed by atoms with van der Waals surface area (Å²) in [5.41, 5.74) is 1.43. The monoisotopic (exact) mass is 742 g/mol. The zero-order valence-electron chi connectivity index (χ0n) is 30.1. The third-order valence-corrected chi connectivity index (χ3v) is 11.2. The van der Waals surface area contributed by atoms with Crippen molar-refractivity contribution in [1.82, 2.24) is 24.4 Å². The molecule has 1 fully saturated rings. The highest BCUT2D eigenvalue weighted by atomic mass is 32.2. The summed E-state index contributed by atoms with van der Waals surface area (Å²) in [6.45, 7) is 10.7. The van der Waals surface area contributed by atoms with E-state index in [2.05, 4.69) is 15.5 Å². The fraction of sp³-hybridized carbons (Fsp3) is 0.500. The van der Waals surface area contributed by atoms with E-state index >= 15 is 0 Å². The van der Waals surface area contributed by atoms with Crippen LogP contribution < -0.4 is 5.32 Å². The van der Waals surface area contributed by atoms with Gasteiger partial charge in [-0.05, 0) is 41.0 Å². The van der Waals surface area contributed by atoms with Crippen molar-refractivity contribution >= 4 is 39.5 Å². The number of hydrogen-bond donors (Lipinski definition) is 3. The van der Waals surface area contributed by atoms with Crippen molar-refractivity contribution in [3.8, 4) is 0 Å². The topological polar surface area (TPSA) is 165 Å². The van der Waals surface area contributed by atoms with Crippen LogP contribution >= 0.6 is 11.3 Å². The Morgan fingerprint density at radius 1 is 1.12 bits per heavy atom. The van der Waals surface area contributed by atoms with Gasteiger partial charge in [0, 0.05) is 38.7 Å². The molecule has 13 nitrogen and oxygen atoms in total. The van der Waals surface area contributed by atoms with Crippen molar-refractivity contribution in [1.29, 1.82) is 0 Å². The van der Waals surface area contributed by atoms with Gasteiger partial charge in [0.1, 0.15) is 11.0 Å². The molecule has 51 heavy (non-hydrogen) atoms. The maximum absolute atomic E-state index is 14.3. The van der Waals surface area contributed by atoms with Crippen molar-refractivity contribution in [2.24, 2.45) is 16.5 Å². The molecule has 3 atom stereocenters. The molecule has 0 bridgehead atoms. The maximum atomic E-state index is 14.3. The fourth-order valence-corrected chi connectivity index (χ4v) is 8.54. The van der Waals surface area contributed by atoms with E-state index < -0.39 is 39.5 Å². The second-order valence-electron chi connectivity index (χ2n) is 14.2. The lowest BCUT2D eigenvalue weighted by atomic mass is 9.84. The molecule has 1 aliphatic heterocycles. The molecule has 2 aromatic carbocycles. The number of urea groups is 1. The minimum atomic E-state index is -4.07. The predicted molar refractivity (Wildman–Crippen MR) is 196 cm³/mol. The number of nitrogens with zero attached hydrogens (tertiary/aromatic N) is 5. The molecule has 4 rings (SSSR count). The van der Waals surface area contributed by atoms with E-state index in [4.69, 9.17) is 9.94 Å². The van der Waals surface area contributed by atoms with Crippen molar-refractivity contribution < 1.29 is 33.1 Å². The number of benzene rings is 2. The number of sulfonamides is 1. The first kappa shape index (κ1) is 39.9. The first-order valence-corrected chi connectivity index (χ1v) is 19.2. The standard InChI is InChI=1S/C36H50N6O7S2/c1-25(2)20-41(51(47,48)29-14-12-27(13-15-29)19-37-46)22-31(43)30(18-26-10-8-7-9-11-26)39-34(44)33(36(3,4)5)42-17-16-40(35(42)45)21-28-24-50-32(38-28)23-49-6/h7-15,19,24-25,30-31,33,43,46H,16-18,20-23H2,1-6H3,(H,39,44)/t30-,31+,33+/m0/s1. The third kappa shape index (κ3) is 10.6. The van der Waals surface area contributed by atoms with E-state index in [-0.39, 0.29) is 36.4 Å². The molecule has 3 amide bonds. The summed E-state index contributed by atoms with van der Waals surface area (Å²) in [6, 6.07) is 13.2. The lowest BCUT2D eigenvalue weighted by molar-refractivity contribution is -0.130. The number of methoxy groups -OCH3 is 1. The predicted octanol–water partition coefficient (Wildman–Crippen LogP) is 4.19. The van der Waals surface area contributed by atoms with Crippen molar-refractivity contribution in [3.63, 3.8) is 0 Å². The molecule has 0 radical (unpaired) electrons. The summed E-state index contributed by atoms with van der Waals surface area (Å²) in [4.78, 5) is 35.9. The van der Waals surface area contributed by atoms with Gasteiger partial charge in [0.25, 0.3) is 0 Å². The SMILES string of the molecule is COCc1nc(CN2CCN([C@H](C(=O)N[C@@H](Cc3ccccc3)[C@H](O)CN(CC(C)C)S(=O)(=O)c3ccc(C=NO)cc3)C(C)(C)C)C2=O)cs1. The lowest BCUT2D eigenvalue weighted by Gasteiger charge is -2.38. The number of aromatic nitrogens is 1. The Hall–Kier alpha value is -3.89. The molecule has 0 saturated carbocycles. The van der Waals surface area contributed by atoms with Gasteiger partial charge in [-0.2, -0.15) is 4.31 Å². The normalized spacial score (nSPS) is 16.0. The number of aliphatic hydroxyl groups excluding tert-OH is 1. The highest BCUT2D eigenvalue weighted by Gasteiger charge is 2.44. The zero-order chi connectivity index (χ0) is 37.3. The van der Waals surface area contributed by atoms with Gasteiger partial charge in [0.2, 0.25) is 15.9 Å². The van der Waals surface area contributed by atoms with Crippen molar-refractivity contribution in [2.75, 3.05) is 33.3 Å². The Bertz CT molecular complexity index is 1730. The van der Waals surface area contributed by atoms with Crippen LogP contribution in [0.5, 0.6) is 0 Å². The minimum Gasteiger partial charge on any atom is -0.411 e. The first-order chi connectivity index (χ1) is 24.1. The Kier molecular flexibility index (Phi) is 13.7. The van der Waals surface area contributed by atoms with E-state index in [0.29, 0.717) is 31.8 Å². The van der Waals surface area contributed by atoms with Crippen LogP contribution in [-0.2, 0) is 39.1 Å². The zero-order valence-corrected chi connectivity index (χ0v) is 31.7. The van der Waals surface area contributed by atoms with E-state index in [1.54, 1.807) is 16.9 Å². The van der Waals surface area contributed by atoms with Crippen LogP contribution in [0.1, 0.15) is 56.4 Å². The molecule has 0 unspecified atom stereocenters.